The van der Waals surface area contributed by atoms with Crippen LogP contribution in [0, 0.1) is 0 Å². The average Bonchev–Trinajstić information content (AvgIpc) is 3.23. The summed E-state index contributed by atoms with van der Waals surface area (Å²) in [6, 6.07) is 12.4. The number of pyridine rings is 1. The number of para-hydroxylation sites is 1. The highest BCUT2D eigenvalue weighted by Crippen LogP contribution is 2.32. The second-order valence-electron chi connectivity index (χ2n) is 7.17. The second kappa shape index (κ2) is 7.01. The number of hydrogen-bond acceptors (Lipinski definition) is 5. The van der Waals surface area contributed by atoms with Crippen molar-refractivity contribution in [1.29, 1.82) is 0 Å². The number of hydrogen-bond donors (Lipinski definition) is 1. The van der Waals surface area contributed by atoms with Gasteiger partial charge in [0.25, 0.3) is 11.8 Å². The molecule has 1 aromatic carbocycles. The molecule has 9 heteroatoms. The van der Waals surface area contributed by atoms with E-state index in [2.05, 4.69) is 19.9 Å². The Hall–Kier alpha value is -3.62. The van der Waals surface area contributed by atoms with E-state index in [1.807, 2.05) is 18.2 Å². The molecule has 1 aliphatic heterocycles. The monoisotopic (exact) mass is 409 g/mol. The lowest BCUT2D eigenvalue weighted by atomic mass is 10.0. The summed E-state index contributed by atoms with van der Waals surface area (Å²) in [7, 11) is 0. The van der Waals surface area contributed by atoms with Crippen molar-refractivity contribution >= 4 is 27.8 Å². The number of H-pyrrole nitrogens is 1. The Balaban J connectivity index is 1.40. The third kappa shape index (κ3) is 3.22. The first-order chi connectivity index (χ1) is 14.5. The van der Waals surface area contributed by atoms with E-state index in [0.717, 1.165) is 5.39 Å². The van der Waals surface area contributed by atoms with Gasteiger partial charge in [0.2, 0.25) is 5.88 Å². The van der Waals surface area contributed by atoms with Gasteiger partial charge in [-0.2, -0.15) is 0 Å². The lowest BCUT2D eigenvalue weighted by molar-refractivity contribution is -0.131. The molecule has 4 aromatic rings. The van der Waals surface area contributed by atoms with E-state index in [0.29, 0.717) is 16.6 Å². The average molecular weight is 409 g/mol. The van der Waals surface area contributed by atoms with E-state index in [-0.39, 0.29) is 24.7 Å². The summed E-state index contributed by atoms with van der Waals surface area (Å²) in [5.41, 5.74) is 1.34. The number of likely N-dealkylation sites (tertiary alicyclic amines) is 1. The minimum absolute atomic E-state index is 0.0905. The quantitative estimate of drug-likeness (QED) is 0.560. The van der Waals surface area contributed by atoms with Crippen molar-refractivity contribution in [3.63, 3.8) is 0 Å². The van der Waals surface area contributed by atoms with Crippen molar-refractivity contribution < 1.29 is 18.3 Å². The molecular formula is C21H17F2N5O2. The van der Waals surface area contributed by atoms with Gasteiger partial charge in [0.1, 0.15) is 17.7 Å². The third-order valence-electron chi connectivity index (χ3n) is 5.25. The van der Waals surface area contributed by atoms with Gasteiger partial charge >= 0.3 is 0 Å². The number of alkyl halides is 2. The molecule has 1 unspecified atom stereocenters. The Labute approximate surface area is 169 Å². The molecule has 1 N–H and O–H groups in total. The molecule has 7 nitrogen and oxygen atoms in total. The van der Waals surface area contributed by atoms with Gasteiger partial charge in [-0.05, 0) is 18.2 Å². The van der Waals surface area contributed by atoms with Gasteiger partial charge in [0.05, 0.1) is 17.4 Å². The van der Waals surface area contributed by atoms with Crippen LogP contribution in [0.15, 0.2) is 55.0 Å². The molecule has 152 valence electrons. The number of benzene rings is 1. The fourth-order valence-electron chi connectivity index (χ4n) is 3.63. The molecule has 0 radical (unpaired) electrons. The largest absolute Gasteiger partial charge is 0.466 e. The maximum Gasteiger partial charge on any atom is 0.287 e. The van der Waals surface area contributed by atoms with E-state index < -0.39 is 24.4 Å². The van der Waals surface area contributed by atoms with Crippen LogP contribution < -0.4 is 4.74 Å². The van der Waals surface area contributed by atoms with Crippen LogP contribution in [-0.4, -0.2) is 55.9 Å². The molecule has 1 aliphatic rings. The number of rotatable bonds is 3. The van der Waals surface area contributed by atoms with Gasteiger partial charge in [-0.15, -0.1) is 0 Å². The predicted molar refractivity (Wildman–Crippen MR) is 106 cm³/mol. The van der Waals surface area contributed by atoms with E-state index >= 15 is 0 Å². The van der Waals surface area contributed by atoms with Crippen LogP contribution in [0.25, 0.3) is 21.9 Å². The molecule has 0 spiro atoms. The fourth-order valence-corrected chi connectivity index (χ4v) is 3.63. The van der Waals surface area contributed by atoms with Crippen molar-refractivity contribution in [3.05, 3.63) is 60.7 Å². The molecular weight excluding hydrogens is 392 g/mol. The maximum absolute atomic E-state index is 14.6. The molecule has 5 rings (SSSR count). The Bertz CT molecular complexity index is 1240. The number of carbonyl (C=O) groups is 1. The zero-order chi connectivity index (χ0) is 20.7. The van der Waals surface area contributed by atoms with Crippen LogP contribution in [0.3, 0.4) is 0 Å². The Morgan fingerprint density at radius 1 is 1.17 bits per heavy atom. The zero-order valence-corrected chi connectivity index (χ0v) is 15.8. The molecule has 4 heterocycles. The Morgan fingerprint density at radius 2 is 2.03 bits per heavy atom. The van der Waals surface area contributed by atoms with Gasteiger partial charge in [-0.3, -0.25) is 4.79 Å². The minimum Gasteiger partial charge on any atom is -0.466 e. The molecule has 1 amide bonds. The third-order valence-corrected chi connectivity index (χ3v) is 5.25. The lowest BCUT2D eigenvalue weighted by Crippen LogP contribution is -2.55. The van der Waals surface area contributed by atoms with Crippen LogP contribution >= 0.6 is 0 Å². The zero-order valence-electron chi connectivity index (χ0n) is 15.8. The summed E-state index contributed by atoms with van der Waals surface area (Å²) >= 11 is 0. The summed E-state index contributed by atoms with van der Waals surface area (Å²) in [6.45, 7) is -0.358. The fraction of sp³-hybridized carbons (Fsp3) is 0.238. The molecule has 0 bridgehead atoms. The first-order valence-corrected chi connectivity index (χ1v) is 9.49. The van der Waals surface area contributed by atoms with E-state index in [4.69, 9.17) is 4.74 Å². The number of halogens is 2. The number of ether oxygens (including phenoxy) is 1. The topological polar surface area (TPSA) is 84.0 Å². The highest BCUT2D eigenvalue weighted by atomic mass is 19.3. The molecule has 0 aliphatic carbocycles. The molecule has 1 fully saturated rings. The summed E-state index contributed by atoms with van der Waals surface area (Å²) in [5.74, 6) is -3.42. The number of nitrogens with one attached hydrogen (secondary N) is 1. The van der Waals surface area contributed by atoms with Crippen molar-refractivity contribution in [2.75, 3.05) is 13.1 Å². The van der Waals surface area contributed by atoms with Crippen LogP contribution in [0.4, 0.5) is 8.78 Å². The van der Waals surface area contributed by atoms with Crippen molar-refractivity contribution in [2.45, 2.75) is 18.4 Å². The highest BCUT2D eigenvalue weighted by Gasteiger charge is 2.47. The maximum atomic E-state index is 14.6. The Kier molecular flexibility index (Phi) is 4.30. The number of carbonyl (C=O) groups excluding carboxylic acids is 1. The number of aromatic amines is 1. The van der Waals surface area contributed by atoms with Crippen LogP contribution in [0.5, 0.6) is 5.88 Å². The van der Waals surface area contributed by atoms with E-state index in [1.54, 1.807) is 30.5 Å². The highest BCUT2D eigenvalue weighted by molar-refractivity contribution is 6.03. The smallest absolute Gasteiger partial charge is 0.287 e. The van der Waals surface area contributed by atoms with Crippen molar-refractivity contribution in [3.8, 4) is 5.88 Å². The normalized spacial score (nSPS) is 18.6. The summed E-state index contributed by atoms with van der Waals surface area (Å²) < 4.78 is 34.8. The number of amides is 1. The first kappa shape index (κ1) is 18.4. The summed E-state index contributed by atoms with van der Waals surface area (Å²) in [6.07, 6.45) is 0.917. The summed E-state index contributed by atoms with van der Waals surface area (Å²) in [4.78, 5) is 29.7. The molecule has 3 aromatic heterocycles. The number of nitrogens with zero attached hydrogens (tertiary/aromatic N) is 4. The van der Waals surface area contributed by atoms with Gasteiger partial charge in [-0.25, -0.2) is 23.7 Å². The van der Waals surface area contributed by atoms with Gasteiger partial charge in [-0.1, -0.05) is 18.2 Å². The molecule has 1 saturated heterocycles. The van der Waals surface area contributed by atoms with Crippen molar-refractivity contribution in [1.82, 2.24) is 24.8 Å². The standard InChI is InChI=1S/C21H17F2N5O2/c22-21(23)8-10-28(20(29)18-14-7-9-24-19(14)26-12-25-18)11-16(21)30-17-6-5-13-3-1-2-4-15(13)27-17/h1-7,9,12,16H,8,10-11H2,(H,24,25,26). The molecule has 1 atom stereocenters. The van der Waals surface area contributed by atoms with Crippen LogP contribution in [0.1, 0.15) is 16.9 Å². The minimum atomic E-state index is -3.08. The second-order valence-corrected chi connectivity index (χ2v) is 7.17. The van der Waals surface area contributed by atoms with Crippen LogP contribution in [-0.2, 0) is 0 Å². The van der Waals surface area contributed by atoms with Crippen LogP contribution in [0.2, 0.25) is 0 Å². The SMILES string of the molecule is O=C(c1ncnc2[nH]ccc12)N1CCC(F)(F)C(Oc2ccc3ccccc3n2)C1. The summed E-state index contributed by atoms with van der Waals surface area (Å²) in [5, 5.41) is 1.44. The lowest BCUT2D eigenvalue weighted by Gasteiger charge is -2.37. The van der Waals surface area contributed by atoms with Gasteiger partial charge in [0, 0.05) is 30.6 Å². The first-order valence-electron chi connectivity index (χ1n) is 9.49. The number of fused-ring (bicyclic) bond motifs is 2. The molecule has 0 saturated carbocycles. The van der Waals surface area contributed by atoms with Gasteiger partial charge in [0.15, 0.2) is 6.10 Å². The van der Waals surface area contributed by atoms with E-state index in [1.165, 1.54) is 11.2 Å². The molecule has 30 heavy (non-hydrogen) atoms. The Morgan fingerprint density at radius 3 is 2.93 bits per heavy atom. The number of aromatic nitrogens is 4. The predicted octanol–water partition coefficient (Wildman–Crippen LogP) is 3.43. The van der Waals surface area contributed by atoms with Gasteiger partial charge < -0.3 is 14.6 Å². The van der Waals surface area contributed by atoms with E-state index in [9.17, 15) is 13.6 Å². The van der Waals surface area contributed by atoms with Crippen molar-refractivity contribution in [2.24, 2.45) is 0 Å². The number of piperidine rings is 1.